The van der Waals surface area contributed by atoms with E-state index in [1.807, 2.05) is 36.4 Å². The number of amides is 3. The SMILES string of the molecule is CN1C(=O)C(NC(=O)N/C=C(\C=N)Cc2ccccn2)CCc2ccc(C#CC(C)(C)O)cc21. The van der Waals surface area contributed by atoms with Crippen molar-refractivity contribution < 1.29 is 14.7 Å². The first-order valence-corrected chi connectivity index (χ1v) is 11.0. The summed E-state index contributed by atoms with van der Waals surface area (Å²) in [6.45, 7) is 3.22. The average Bonchev–Trinajstić information content (AvgIpc) is 2.92. The Morgan fingerprint density at radius 2 is 2.15 bits per heavy atom. The van der Waals surface area contributed by atoms with Crippen LogP contribution in [0.4, 0.5) is 10.5 Å². The molecule has 1 aromatic carbocycles. The number of rotatable bonds is 5. The van der Waals surface area contributed by atoms with E-state index in [1.165, 1.54) is 11.1 Å². The first-order valence-electron chi connectivity index (χ1n) is 11.0. The van der Waals surface area contributed by atoms with Crippen LogP contribution >= 0.6 is 0 Å². The standard InChI is InChI=1S/C26H29N5O3/c1-26(2,34)12-11-18-7-8-20-9-10-22(24(32)31(3)23(20)15-18)30-25(33)29-17-19(16-27)14-21-6-4-5-13-28-21/h4-8,13,15-17,22,27,34H,9-10,14H2,1-3H3,(H2,29,30,33)/b19-17-,27-16?. The van der Waals surface area contributed by atoms with Crippen molar-refractivity contribution in [2.75, 3.05) is 11.9 Å². The molecule has 1 aromatic heterocycles. The minimum absolute atomic E-state index is 0.230. The molecule has 1 atom stereocenters. The summed E-state index contributed by atoms with van der Waals surface area (Å²) in [7, 11) is 1.67. The van der Waals surface area contributed by atoms with E-state index in [1.54, 1.807) is 27.1 Å². The van der Waals surface area contributed by atoms with Gasteiger partial charge in [0.2, 0.25) is 5.91 Å². The Hall–Kier alpha value is -3.96. The van der Waals surface area contributed by atoms with Gasteiger partial charge in [0.25, 0.3) is 0 Å². The highest BCUT2D eigenvalue weighted by molar-refractivity contribution is 6.00. The van der Waals surface area contributed by atoms with Crippen LogP contribution < -0.4 is 15.5 Å². The predicted molar refractivity (Wildman–Crippen MR) is 132 cm³/mol. The lowest BCUT2D eigenvalue weighted by Crippen LogP contribution is -2.49. The van der Waals surface area contributed by atoms with Crippen molar-refractivity contribution in [1.82, 2.24) is 15.6 Å². The first kappa shape index (κ1) is 24.7. The predicted octanol–water partition coefficient (Wildman–Crippen LogP) is 2.56. The third-order valence-electron chi connectivity index (χ3n) is 5.28. The molecule has 0 radical (unpaired) electrons. The van der Waals surface area contributed by atoms with Crippen molar-refractivity contribution in [3.05, 3.63) is 71.2 Å². The van der Waals surface area contributed by atoms with Crippen LogP contribution in [0.3, 0.4) is 0 Å². The van der Waals surface area contributed by atoms with Crippen molar-refractivity contribution in [2.45, 2.75) is 44.8 Å². The molecule has 176 valence electrons. The van der Waals surface area contributed by atoms with E-state index in [2.05, 4.69) is 27.5 Å². The van der Waals surface area contributed by atoms with E-state index in [0.717, 1.165) is 23.2 Å². The van der Waals surface area contributed by atoms with Gasteiger partial charge < -0.3 is 26.0 Å². The summed E-state index contributed by atoms with van der Waals surface area (Å²) in [5.41, 5.74) is 2.66. The van der Waals surface area contributed by atoms with Crippen molar-refractivity contribution in [3.8, 4) is 11.8 Å². The normalized spacial score (nSPS) is 16.0. The summed E-state index contributed by atoms with van der Waals surface area (Å²) in [5.74, 6) is 5.48. The number of fused-ring (bicyclic) bond motifs is 1. The number of anilines is 1. The van der Waals surface area contributed by atoms with Gasteiger partial charge >= 0.3 is 6.03 Å². The van der Waals surface area contributed by atoms with E-state index in [4.69, 9.17) is 5.41 Å². The molecule has 2 heterocycles. The van der Waals surface area contributed by atoms with Crippen LogP contribution in [-0.4, -0.2) is 46.9 Å². The molecule has 0 aliphatic carbocycles. The second kappa shape index (κ2) is 10.8. The maximum absolute atomic E-state index is 13.1. The van der Waals surface area contributed by atoms with Crippen molar-refractivity contribution in [3.63, 3.8) is 0 Å². The van der Waals surface area contributed by atoms with Crippen LogP contribution in [0.5, 0.6) is 0 Å². The van der Waals surface area contributed by atoms with Gasteiger partial charge in [-0.2, -0.15) is 0 Å². The largest absolute Gasteiger partial charge is 0.378 e. The quantitative estimate of drug-likeness (QED) is 0.406. The number of pyridine rings is 1. The molecule has 4 N–H and O–H groups in total. The van der Waals surface area contributed by atoms with Crippen molar-refractivity contribution in [2.24, 2.45) is 0 Å². The molecule has 0 bridgehead atoms. The number of aryl methyl sites for hydroxylation is 1. The number of nitrogens with one attached hydrogen (secondary N) is 3. The van der Waals surface area contributed by atoms with Gasteiger partial charge in [0.15, 0.2) is 0 Å². The second-order valence-corrected chi connectivity index (χ2v) is 8.62. The van der Waals surface area contributed by atoms with Gasteiger partial charge in [-0.05, 0) is 62.1 Å². The summed E-state index contributed by atoms with van der Waals surface area (Å²) in [4.78, 5) is 31.3. The number of carbonyl (C=O) groups excluding carboxylic acids is 2. The maximum Gasteiger partial charge on any atom is 0.319 e. The molecule has 0 spiro atoms. The zero-order valence-corrected chi connectivity index (χ0v) is 19.6. The molecular weight excluding hydrogens is 430 g/mol. The number of aromatic nitrogens is 1. The Morgan fingerprint density at radius 3 is 2.82 bits per heavy atom. The van der Waals surface area contributed by atoms with E-state index in [0.29, 0.717) is 30.4 Å². The highest BCUT2D eigenvalue weighted by Crippen LogP contribution is 2.27. The minimum atomic E-state index is -1.11. The molecule has 1 aliphatic heterocycles. The van der Waals surface area contributed by atoms with E-state index in [9.17, 15) is 14.7 Å². The number of hydrogen-bond acceptors (Lipinski definition) is 5. The number of nitrogens with zero attached hydrogens (tertiary/aromatic N) is 2. The Labute approximate surface area is 199 Å². The van der Waals surface area contributed by atoms with Crippen molar-refractivity contribution >= 4 is 23.8 Å². The smallest absolute Gasteiger partial charge is 0.319 e. The van der Waals surface area contributed by atoms with Gasteiger partial charge in [-0.3, -0.25) is 9.78 Å². The zero-order chi connectivity index (χ0) is 24.7. The molecule has 3 amide bonds. The molecule has 1 aliphatic rings. The van der Waals surface area contributed by atoms with Gasteiger partial charge in [-0.1, -0.05) is 24.0 Å². The molecule has 34 heavy (non-hydrogen) atoms. The molecule has 3 rings (SSSR count). The summed E-state index contributed by atoms with van der Waals surface area (Å²) in [6, 6.07) is 9.91. The number of allylic oxidation sites excluding steroid dienone is 1. The third kappa shape index (κ3) is 6.77. The Bertz CT molecular complexity index is 1160. The number of hydrogen-bond donors (Lipinski definition) is 4. The fourth-order valence-electron chi connectivity index (χ4n) is 3.51. The third-order valence-corrected chi connectivity index (χ3v) is 5.28. The molecular formula is C26H29N5O3. The Morgan fingerprint density at radius 1 is 1.35 bits per heavy atom. The first-order chi connectivity index (χ1) is 16.2. The minimum Gasteiger partial charge on any atom is -0.378 e. The summed E-state index contributed by atoms with van der Waals surface area (Å²) in [5, 5.41) is 22.8. The summed E-state index contributed by atoms with van der Waals surface area (Å²) in [6.07, 6.45) is 5.75. The molecule has 0 saturated heterocycles. The van der Waals surface area contributed by atoms with Gasteiger partial charge in [-0.15, -0.1) is 0 Å². The fourth-order valence-corrected chi connectivity index (χ4v) is 3.51. The average molecular weight is 460 g/mol. The monoisotopic (exact) mass is 459 g/mol. The van der Waals surface area contributed by atoms with Gasteiger partial charge in [0.05, 0.1) is 0 Å². The van der Waals surface area contributed by atoms with Crippen LogP contribution in [0.15, 0.2) is 54.4 Å². The van der Waals surface area contributed by atoms with Gasteiger partial charge in [0, 0.05) is 49.0 Å². The van der Waals surface area contributed by atoms with Crippen LogP contribution in [0.1, 0.15) is 37.1 Å². The molecule has 0 saturated carbocycles. The van der Waals surface area contributed by atoms with E-state index in [-0.39, 0.29) is 5.91 Å². The number of likely N-dealkylation sites (N-methyl/N-ethyl adjacent to an activating group) is 1. The lowest BCUT2D eigenvalue weighted by Gasteiger charge is -2.22. The number of aliphatic hydroxyl groups is 1. The second-order valence-electron chi connectivity index (χ2n) is 8.62. The van der Waals surface area contributed by atoms with Gasteiger partial charge in [0.1, 0.15) is 11.6 Å². The number of urea groups is 1. The Kier molecular flexibility index (Phi) is 7.82. The highest BCUT2D eigenvalue weighted by atomic mass is 16.3. The number of carbonyl (C=O) groups is 2. The summed E-state index contributed by atoms with van der Waals surface area (Å²) < 4.78 is 0. The molecule has 2 aromatic rings. The van der Waals surface area contributed by atoms with Crippen LogP contribution in [0, 0.1) is 17.3 Å². The lowest BCUT2D eigenvalue weighted by molar-refractivity contribution is -0.120. The summed E-state index contributed by atoms with van der Waals surface area (Å²) >= 11 is 0. The van der Waals surface area contributed by atoms with Crippen molar-refractivity contribution in [1.29, 1.82) is 5.41 Å². The van der Waals surface area contributed by atoms with Crippen LogP contribution in [0.2, 0.25) is 0 Å². The molecule has 0 fully saturated rings. The number of benzene rings is 1. The highest BCUT2D eigenvalue weighted by Gasteiger charge is 2.29. The van der Waals surface area contributed by atoms with E-state index >= 15 is 0 Å². The lowest BCUT2D eigenvalue weighted by atomic mass is 10.0. The van der Waals surface area contributed by atoms with E-state index < -0.39 is 17.7 Å². The fraction of sp³-hybridized carbons (Fsp3) is 0.308. The zero-order valence-electron chi connectivity index (χ0n) is 19.6. The maximum atomic E-state index is 13.1. The topological polar surface area (TPSA) is 118 Å². The van der Waals surface area contributed by atoms with Crippen LogP contribution in [0.25, 0.3) is 0 Å². The van der Waals surface area contributed by atoms with Crippen LogP contribution in [-0.2, 0) is 17.6 Å². The Balaban J connectivity index is 1.66. The molecule has 8 heteroatoms. The van der Waals surface area contributed by atoms with Gasteiger partial charge in [-0.25, -0.2) is 4.79 Å². The molecule has 1 unspecified atom stereocenters. The molecule has 8 nitrogen and oxygen atoms in total.